The number of fused-ring (bicyclic) bond motifs is 5. The van der Waals surface area contributed by atoms with Crippen LogP contribution in [0.5, 0.6) is 6.01 Å². The second-order valence-electron chi connectivity index (χ2n) is 6.20. The maximum Gasteiger partial charge on any atom is 0.343 e. The first-order valence-corrected chi connectivity index (χ1v) is 7.64. The van der Waals surface area contributed by atoms with Crippen LogP contribution in [0.1, 0.15) is 19.3 Å². The summed E-state index contributed by atoms with van der Waals surface area (Å²) in [6.45, 7) is 0. The minimum absolute atomic E-state index is 0.160. The predicted octanol–water partition coefficient (Wildman–Crippen LogP) is -2.58. The number of carbonyl (C=O) groups is 3. The van der Waals surface area contributed by atoms with Crippen molar-refractivity contribution in [2.75, 3.05) is 0 Å². The van der Waals surface area contributed by atoms with E-state index in [4.69, 9.17) is 14.2 Å². The summed E-state index contributed by atoms with van der Waals surface area (Å²) in [5, 5.41) is 10.4. The van der Waals surface area contributed by atoms with Gasteiger partial charge in [0.05, 0.1) is 12.8 Å². The number of nitrogens with zero attached hydrogens (tertiary/aromatic N) is 4. The van der Waals surface area contributed by atoms with Gasteiger partial charge in [0.25, 0.3) is 5.56 Å². The molecule has 2 unspecified atom stereocenters. The number of esters is 3. The molecule has 2 aliphatic heterocycles. The highest BCUT2D eigenvalue weighted by molar-refractivity contribution is 5.91. The topological polar surface area (TPSA) is 161 Å². The van der Waals surface area contributed by atoms with Gasteiger partial charge in [-0.1, -0.05) is 0 Å². The van der Waals surface area contributed by atoms with Crippen LogP contribution in [0, 0.1) is 0 Å². The van der Waals surface area contributed by atoms with Crippen LogP contribution in [0.4, 0.5) is 0 Å². The standard InChI is InChI=1S/C14H12N4O9/c1-16-7-8-15-11(16)25-5(19)3-14(24)4-6(20)26-13(27-10(14)22)18(8)12(23)17(2)9(7)21/h13,24H,3-4H2,1-2H3. The van der Waals surface area contributed by atoms with Gasteiger partial charge in [-0.15, -0.1) is 0 Å². The van der Waals surface area contributed by atoms with Crippen LogP contribution < -0.4 is 16.0 Å². The van der Waals surface area contributed by atoms with Gasteiger partial charge < -0.3 is 19.3 Å². The summed E-state index contributed by atoms with van der Waals surface area (Å²) in [6, 6.07) is -0.353. The summed E-state index contributed by atoms with van der Waals surface area (Å²) in [5.41, 5.74) is -4.79. The number of hydrogen-bond acceptors (Lipinski definition) is 10. The summed E-state index contributed by atoms with van der Waals surface area (Å²) < 4.78 is 17.4. The summed E-state index contributed by atoms with van der Waals surface area (Å²) in [6.07, 6.45) is -3.74. The van der Waals surface area contributed by atoms with Gasteiger partial charge >= 0.3 is 36.0 Å². The van der Waals surface area contributed by atoms with E-state index in [0.717, 1.165) is 11.6 Å². The summed E-state index contributed by atoms with van der Waals surface area (Å²) in [4.78, 5) is 65.5. The van der Waals surface area contributed by atoms with Crippen LogP contribution in [-0.4, -0.2) is 47.3 Å². The number of rotatable bonds is 0. The van der Waals surface area contributed by atoms with Crippen LogP contribution in [0.3, 0.4) is 0 Å². The first-order chi connectivity index (χ1) is 12.6. The highest BCUT2D eigenvalue weighted by Crippen LogP contribution is 2.30. The lowest BCUT2D eigenvalue weighted by atomic mass is 9.96. The van der Waals surface area contributed by atoms with Gasteiger partial charge in [0.1, 0.15) is 0 Å². The number of imidazole rings is 1. The van der Waals surface area contributed by atoms with E-state index in [1.54, 1.807) is 0 Å². The highest BCUT2D eigenvalue weighted by Gasteiger charge is 2.49. The van der Waals surface area contributed by atoms with E-state index in [9.17, 15) is 29.1 Å². The summed E-state index contributed by atoms with van der Waals surface area (Å²) >= 11 is 0. The average Bonchev–Trinajstić information content (AvgIpc) is 2.81. The van der Waals surface area contributed by atoms with Crippen molar-refractivity contribution in [3.63, 3.8) is 0 Å². The van der Waals surface area contributed by atoms with E-state index in [1.165, 1.54) is 7.05 Å². The zero-order chi connectivity index (χ0) is 19.7. The molecule has 4 heterocycles. The van der Waals surface area contributed by atoms with Crippen LogP contribution in [0.15, 0.2) is 9.59 Å². The molecule has 13 nitrogen and oxygen atoms in total. The van der Waals surface area contributed by atoms with E-state index in [-0.39, 0.29) is 17.2 Å². The Kier molecular flexibility index (Phi) is 3.31. The second kappa shape index (κ2) is 5.26. The smallest absolute Gasteiger partial charge is 0.343 e. The fourth-order valence-electron chi connectivity index (χ4n) is 2.96. The van der Waals surface area contributed by atoms with Gasteiger partial charge in [-0.05, 0) is 0 Å². The van der Waals surface area contributed by atoms with Crippen molar-refractivity contribution in [1.29, 1.82) is 0 Å². The molecule has 2 aliphatic rings. The Balaban J connectivity index is 2.13. The zero-order valence-corrected chi connectivity index (χ0v) is 14.0. The van der Waals surface area contributed by atoms with Crippen molar-refractivity contribution in [2.45, 2.75) is 24.9 Å². The fourth-order valence-corrected chi connectivity index (χ4v) is 2.96. The number of ether oxygens (including phenoxy) is 3. The third-order valence-corrected chi connectivity index (χ3v) is 4.37. The molecule has 4 bridgehead atoms. The Morgan fingerprint density at radius 3 is 2.41 bits per heavy atom. The van der Waals surface area contributed by atoms with Crippen molar-refractivity contribution in [2.24, 2.45) is 14.1 Å². The number of carbonyl (C=O) groups excluding carboxylic acids is 3. The van der Waals surface area contributed by atoms with Gasteiger partial charge in [-0.25, -0.2) is 14.2 Å². The summed E-state index contributed by atoms with van der Waals surface area (Å²) in [7, 11) is 2.51. The molecule has 0 aliphatic carbocycles. The van der Waals surface area contributed by atoms with Gasteiger partial charge in [-0.3, -0.25) is 23.5 Å². The van der Waals surface area contributed by atoms with Crippen molar-refractivity contribution in [3.05, 3.63) is 20.8 Å². The number of hydrogen-bond donors (Lipinski definition) is 1. The minimum atomic E-state index is -2.54. The lowest BCUT2D eigenvalue weighted by molar-refractivity contribution is -0.205. The Morgan fingerprint density at radius 2 is 1.70 bits per heavy atom. The van der Waals surface area contributed by atoms with Crippen molar-refractivity contribution in [1.82, 2.24) is 18.7 Å². The van der Waals surface area contributed by atoms with Gasteiger partial charge in [0, 0.05) is 14.1 Å². The monoisotopic (exact) mass is 380 g/mol. The molecule has 0 saturated carbocycles. The average molecular weight is 380 g/mol. The second-order valence-corrected chi connectivity index (χ2v) is 6.20. The molecular weight excluding hydrogens is 368 g/mol. The van der Waals surface area contributed by atoms with Gasteiger partial charge in [-0.2, -0.15) is 4.98 Å². The molecule has 2 aromatic heterocycles. The van der Waals surface area contributed by atoms with Crippen LogP contribution in [0.25, 0.3) is 11.2 Å². The first kappa shape index (κ1) is 17.0. The number of aliphatic hydroxyl groups is 1. The van der Waals surface area contributed by atoms with Gasteiger partial charge in [0.2, 0.25) is 0 Å². The molecule has 1 N–H and O–H groups in total. The number of aryl methyl sites for hydroxylation is 1. The zero-order valence-electron chi connectivity index (χ0n) is 14.0. The van der Waals surface area contributed by atoms with Crippen molar-refractivity contribution >= 4 is 29.1 Å². The Labute approximate surface area is 148 Å². The molecule has 0 radical (unpaired) electrons. The Morgan fingerprint density at radius 1 is 1.04 bits per heavy atom. The molecule has 142 valence electrons. The lowest BCUT2D eigenvalue weighted by Gasteiger charge is -2.22. The molecular formula is C14H12N4O9. The maximum atomic E-state index is 12.6. The molecule has 2 aromatic rings. The first-order valence-electron chi connectivity index (χ1n) is 7.64. The number of aromatic nitrogens is 4. The molecule has 0 aromatic carbocycles. The van der Waals surface area contributed by atoms with Crippen LogP contribution >= 0.6 is 0 Å². The minimum Gasteiger partial charge on any atom is -0.405 e. The van der Waals surface area contributed by atoms with Crippen LogP contribution in [-0.2, 0) is 38.0 Å². The third-order valence-electron chi connectivity index (χ3n) is 4.37. The SMILES string of the molecule is Cn1c(=O)c2c3nc(n2C)OC(=O)CC2(O)CC(=O)OC(OC2=O)n3c1=O. The van der Waals surface area contributed by atoms with Crippen molar-refractivity contribution in [3.8, 4) is 6.01 Å². The largest absolute Gasteiger partial charge is 0.405 e. The quantitative estimate of drug-likeness (QED) is 0.481. The van der Waals surface area contributed by atoms with E-state index >= 15 is 0 Å². The van der Waals surface area contributed by atoms with E-state index in [0.29, 0.717) is 9.13 Å². The molecule has 1 saturated heterocycles. The van der Waals surface area contributed by atoms with E-state index in [1.807, 2.05) is 0 Å². The third kappa shape index (κ3) is 2.28. The molecule has 0 amide bonds. The van der Waals surface area contributed by atoms with E-state index < -0.39 is 54.0 Å². The van der Waals surface area contributed by atoms with Gasteiger partial charge in [0.15, 0.2) is 16.8 Å². The van der Waals surface area contributed by atoms with Crippen molar-refractivity contribution < 1.29 is 33.7 Å². The van der Waals surface area contributed by atoms with E-state index in [2.05, 4.69) is 4.98 Å². The van der Waals surface area contributed by atoms with Crippen LogP contribution in [0.2, 0.25) is 0 Å². The molecule has 27 heavy (non-hydrogen) atoms. The molecule has 2 atom stereocenters. The lowest BCUT2D eigenvalue weighted by Crippen LogP contribution is -2.45. The Bertz CT molecular complexity index is 1160. The Hall–Kier alpha value is -3.48. The maximum absolute atomic E-state index is 12.6. The molecule has 13 heteroatoms. The summed E-state index contributed by atoms with van der Waals surface area (Å²) in [5.74, 6) is -3.57. The predicted molar refractivity (Wildman–Crippen MR) is 81.3 cm³/mol. The molecule has 0 spiro atoms. The highest BCUT2D eigenvalue weighted by atomic mass is 16.7. The normalized spacial score (nSPS) is 25.0. The fraction of sp³-hybridized carbons (Fsp3) is 0.429. The molecule has 1 fully saturated rings. The molecule has 4 rings (SSSR count).